The van der Waals surface area contributed by atoms with Gasteiger partial charge in [0.15, 0.2) is 5.17 Å². The van der Waals surface area contributed by atoms with Crippen molar-refractivity contribution in [1.82, 2.24) is 0 Å². The van der Waals surface area contributed by atoms with Gasteiger partial charge in [-0.15, -0.1) is 0 Å². The Bertz CT molecular complexity index is 360. The van der Waals surface area contributed by atoms with Gasteiger partial charge in [-0.25, -0.2) is 0 Å². The first-order valence-electron chi connectivity index (χ1n) is 4.31. The van der Waals surface area contributed by atoms with Gasteiger partial charge in [-0.3, -0.25) is 0 Å². The van der Waals surface area contributed by atoms with E-state index in [2.05, 4.69) is 11.2 Å². The van der Waals surface area contributed by atoms with Crippen molar-refractivity contribution in [3.63, 3.8) is 0 Å². The van der Waals surface area contributed by atoms with Crippen molar-refractivity contribution in [3.8, 4) is 0 Å². The zero-order chi connectivity index (χ0) is 9.26. The van der Waals surface area contributed by atoms with E-state index in [1.165, 1.54) is 17.5 Å². The van der Waals surface area contributed by atoms with Crippen LogP contribution in [-0.2, 0) is 12.8 Å². The quantitative estimate of drug-likeness (QED) is 0.417. The van der Waals surface area contributed by atoms with E-state index in [0.29, 0.717) is 0 Å². The van der Waals surface area contributed by atoms with E-state index in [9.17, 15) is 0 Å². The van der Waals surface area contributed by atoms with Crippen LogP contribution in [0, 0.1) is 0 Å². The Hall–Kier alpha value is -1.02. The fraction of sp³-hybridized carbons (Fsp3) is 0.300. The standard InChI is InChI=1S/C10H10ClNO/c11-10(12-13)9-6-2-4-7-3-1-5-8(7)9/h2,4,6,13H,1,3,5H2/b12-10-. The van der Waals surface area contributed by atoms with Gasteiger partial charge in [0.25, 0.3) is 0 Å². The van der Waals surface area contributed by atoms with Crippen molar-refractivity contribution >= 4 is 16.8 Å². The number of hydrogen-bond acceptors (Lipinski definition) is 2. The van der Waals surface area contributed by atoms with Gasteiger partial charge in [-0.1, -0.05) is 35.0 Å². The third-order valence-corrected chi connectivity index (χ3v) is 2.74. The topological polar surface area (TPSA) is 32.6 Å². The highest BCUT2D eigenvalue weighted by Gasteiger charge is 2.16. The maximum atomic E-state index is 8.58. The van der Waals surface area contributed by atoms with E-state index in [1.54, 1.807) is 0 Å². The lowest BCUT2D eigenvalue weighted by atomic mass is 10.0. The number of hydrogen-bond donors (Lipinski definition) is 1. The normalized spacial score (nSPS) is 15.9. The van der Waals surface area contributed by atoms with Crippen molar-refractivity contribution in [1.29, 1.82) is 0 Å². The molecule has 68 valence electrons. The van der Waals surface area contributed by atoms with Crippen molar-refractivity contribution < 1.29 is 5.21 Å². The summed E-state index contributed by atoms with van der Waals surface area (Å²) in [5, 5.41) is 11.8. The van der Waals surface area contributed by atoms with Crippen LogP contribution in [0.1, 0.15) is 23.1 Å². The lowest BCUT2D eigenvalue weighted by molar-refractivity contribution is 0.321. The molecule has 2 nitrogen and oxygen atoms in total. The largest absolute Gasteiger partial charge is 0.410 e. The summed E-state index contributed by atoms with van der Waals surface area (Å²) in [5.74, 6) is 0. The van der Waals surface area contributed by atoms with Gasteiger partial charge in [0.1, 0.15) is 0 Å². The SMILES string of the molecule is O/N=C(\Cl)c1cccc2c1CCC2. The number of nitrogens with zero attached hydrogens (tertiary/aromatic N) is 1. The van der Waals surface area contributed by atoms with Crippen LogP contribution in [0.2, 0.25) is 0 Å². The molecule has 0 radical (unpaired) electrons. The Morgan fingerprint density at radius 2 is 2.23 bits per heavy atom. The fourth-order valence-electron chi connectivity index (χ4n) is 1.87. The van der Waals surface area contributed by atoms with Crippen LogP contribution in [0.4, 0.5) is 0 Å². The molecule has 0 amide bonds. The van der Waals surface area contributed by atoms with Gasteiger partial charge in [0.05, 0.1) is 0 Å². The summed E-state index contributed by atoms with van der Waals surface area (Å²) in [5.41, 5.74) is 3.45. The molecule has 1 aliphatic carbocycles. The van der Waals surface area contributed by atoms with Gasteiger partial charge < -0.3 is 5.21 Å². The molecule has 0 unspecified atom stereocenters. The van der Waals surface area contributed by atoms with E-state index in [0.717, 1.165) is 18.4 Å². The third-order valence-electron chi connectivity index (χ3n) is 2.46. The molecule has 0 spiro atoms. The van der Waals surface area contributed by atoms with E-state index in [1.807, 2.05) is 12.1 Å². The summed E-state index contributed by atoms with van der Waals surface area (Å²) < 4.78 is 0. The van der Waals surface area contributed by atoms with E-state index in [4.69, 9.17) is 16.8 Å². The molecule has 0 heterocycles. The lowest BCUT2D eigenvalue weighted by Crippen LogP contribution is -1.97. The average molecular weight is 196 g/mol. The van der Waals surface area contributed by atoms with Crippen LogP contribution < -0.4 is 0 Å². The number of rotatable bonds is 1. The minimum atomic E-state index is 0.193. The average Bonchev–Trinajstić information content (AvgIpc) is 2.63. The molecule has 1 aromatic carbocycles. The number of fused-ring (bicyclic) bond motifs is 1. The summed E-state index contributed by atoms with van der Waals surface area (Å²) in [6, 6.07) is 5.95. The molecule has 1 aromatic rings. The maximum Gasteiger partial charge on any atom is 0.175 e. The maximum absolute atomic E-state index is 8.58. The molecule has 2 rings (SSSR count). The molecule has 3 heteroatoms. The van der Waals surface area contributed by atoms with Crippen molar-refractivity contribution in [2.24, 2.45) is 5.16 Å². The molecular formula is C10H10ClNO. The minimum absolute atomic E-state index is 0.193. The molecular weight excluding hydrogens is 186 g/mol. The summed E-state index contributed by atoms with van der Waals surface area (Å²) in [6.45, 7) is 0. The first-order valence-corrected chi connectivity index (χ1v) is 4.69. The van der Waals surface area contributed by atoms with Crippen LogP contribution in [0.25, 0.3) is 0 Å². The van der Waals surface area contributed by atoms with E-state index < -0.39 is 0 Å². The number of oxime groups is 1. The molecule has 0 aliphatic heterocycles. The number of halogens is 1. The Morgan fingerprint density at radius 1 is 1.38 bits per heavy atom. The second-order valence-electron chi connectivity index (χ2n) is 3.19. The number of benzene rings is 1. The summed E-state index contributed by atoms with van der Waals surface area (Å²) in [7, 11) is 0. The first-order chi connectivity index (χ1) is 6.33. The van der Waals surface area contributed by atoms with Crippen LogP contribution in [-0.4, -0.2) is 10.4 Å². The van der Waals surface area contributed by atoms with Gasteiger partial charge >= 0.3 is 0 Å². The molecule has 1 N–H and O–H groups in total. The highest BCUT2D eigenvalue weighted by Crippen LogP contribution is 2.26. The second-order valence-corrected chi connectivity index (χ2v) is 3.55. The second kappa shape index (κ2) is 3.38. The zero-order valence-corrected chi connectivity index (χ0v) is 7.88. The molecule has 0 fully saturated rings. The molecule has 13 heavy (non-hydrogen) atoms. The van der Waals surface area contributed by atoms with E-state index in [-0.39, 0.29) is 5.17 Å². The molecule has 0 bridgehead atoms. The Balaban J connectivity index is 2.53. The third kappa shape index (κ3) is 1.42. The van der Waals surface area contributed by atoms with E-state index >= 15 is 0 Å². The highest BCUT2D eigenvalue weighted by atomic mass is 35.5. The Labute approximate surface area is 81.8 Å². The smallest absolute Gasteiger partial charge is 0.175 e. The van der Waals surface area contributed by atoms with Crippen LogP contribution in [0.5, 0.6) is 0 Å². The summed E-state index contributed by atoms with van der Waals surface area (Å²) >= 11 is 5.77. The molecule has 0 saturated heterocycles. The number of aryl methyl sites for hydroxylation is 1. The fourth-order valence-corrected chi connectivity index (χ4v) is 2.04. The van der Waals surface area contributed by atoms with Gasteiger partial charge in [0, 0.05) is 5.56 Å². The Morgan fingerprint density at radius 3 is 3.00 bits per heavy atom. The summed E-state index contributed by atoms with van der Waals surface area (Å²) in [6.07, 6.45) is 3.32. The monoisotopic (exact) mass is 195 g/mol. The van der Waals surface area contributed by atoms with Gasteiger partial charge in [0.2, 0.25) is 0 Å². The van der Waals surface area contributed by atoms with Crippen LogP contribution in [0.15, 0.2) is 23.4 Å². The Kier molecular flexibility index (Phi) is 2.23. The lowest BCUT2D eigenvalue weighted by Gasteiger charge is -2.04. The van der Waals surface area contributed by atoms with Crippen LogP contribution >= 0.6 is 11.6 Å². The van der Waals surface area contributed by atoms with Crippen molar-refractivity contribution in [3.05, 3.63) is 34.9 Å². The predicted octanol–water partition coefficient (Wildman–Crippen LogP) is 2.55. The molecule has 0 saturated carbocycles. The molecule has 1 aliphatic rings. The highest BCUT2D eigenvalue weighted by molar-refractivity contribution is 6.69. The van der Waals surface area contributed by atoms with Crippen molar-refractivity contribution in [2.75, 3.05) is 0 Å². The van der Waals surface area contributed by atoms with Gasteiger partial charge in [-0.05, 0) is 30.4 Å². The van der Waals surface area contributed by atoms with Crippen LogP contribution in [0.3, 0.4) is 0 Å². The zero-order valence-electron chi connectivity index (χ0n) is 7.13. The predicted molar refractivity (Wildman–Crippen MR) is 52.6 cm³/mol. The molecule has 0 atom stereocenters. The first kappa shape index (κ1) is 8.57. The molecule has 0 aromatic heterocycles. The summed E-state index contributed by atoms with van der Waals surface area (Å²) in [4.78, 5) is 0. The minimum Gasteiger partial charge on any atom is -0.410 e. The van der Waals surface area contributed by atoms with Gasteiger partial charge in [-0.2, -0.15) is 0 Å². The van der Waals surface area contributed by atoms with Crippen molar-refractivity contribution in [2.45, 2.75) is 19.3 Å².